The van der Waals surface area contributed by atoms with Crippen LogP contribution in [0.1, 0.15) is 38.9 Å². The molecule has 10 heteroatoms. The Morgan fingerprint density at radius 3 is 2.06 bits per heavy atom. The highest BCUT2D eigenvalue weighted by Gasteiger charge is 2.38. The van der Waals surface area contributed by atoms with Gasteiger partial charge in [0.1, 0.15) is 28.6 Å². The molecule has 3 aromatic rings. The number of carboxylic acids is 1. The molecule has 1 saturated heterocycles. The van der Waals surface area contributed by atoms with E-state index in [2.05, 4.69) is 12.1 Å². The summed E-state index contributed by atoms with van der Waals surface area (Å²) < 4.78 is 38.6. The van der Waals surface area contributed by atoms with E-state index in [0.29, 0.717) is 0 Å². The Kier molecular flexibility index (Phi) is 6.09. The summed E-state index contributed by atoms with van der Waals surface area (Å²) in [5.41, 5.74) is 4.15. The molecule has 1 fully saturated rings. The molecule has 0 spiro atoms. The zero-order chi connectivity index (χ0) is 25.6. The third kappa shape index (κ3) is 3.96. The second-order valence-corrected chi connectivity index (χ2v) is 10.8. The highest BCUT2D eigenvalue weighted by molar-refractivity contribution is 7.89. The predicted molar refractivity (Wildman–Crippen MR) is 131 cm³/mol. The largest absolute Gasteiger partial charge is 0.478 e. The first-order chi connectivity index (χ1) is 17.2. The van der Waals surface area contributed by atoms with Crippen LogP contribution in [-0.2, 0) is 14.8 Å². The number of piperazine rings is 1. The fraction of sp³-hybridized carbons (Fsp3) is 0.308. The normalized spacial score (nSPS) is 16.0. The fourth-order valence-corrected chi connectivity index (χ4v) is 6.94. The Morgan fingerprint density at radius 1 is 0.944 bits per heavy atom. The molecule has 1 aromatic heterocycles. The summed E-state index contributed by atoms with van der Waals surface area (Å²) in [6.45, 7) is 3.34. The van der Waals surface area contributed by atoms with E-state index in [9.17, 15) is 23.1 Å². The third-order valence-corrected chi connectivity index (χ3v) is 8.90. The molecule has 0 atom stereocenters. The van der Waals surface area contributed by atoms with E-state index in [0.717, 1.165) is 22.3 Å². The number of hydrogen-bond acceptors (Lipinski definition) is 6. The minimum Gasteiger partial charge on any atom is -0.478 e. The van der Waals surface area contributed by atoms with Crippen molar-refractivity contribution in [1.29, 1.82) is 0 Å². The fourth-order valence-electron chi connectivity index (χ4n) is 5.15. The van der Waals surface area contributed by atoms with Crippen LogP contribution in [0.5, 0.6) is 0 Å². The zero-order valence-corrected chi connectivity index (χ0v) is 20.7. The van der Waals surface area contributed by atoms with Crippen LogP contribution in [0.2, 0.25) is 0 Å². The number of aryl methyl sites for hydroxylation is 2. The Labute approximate surface area is 208 Å². The average molecular weight is 511 g/mol. The van der Waals surface area contributed by atoms with E-state index in [4.69, 9.17) is 9.15 Å². The standard InChI is InChI=1S/C26H26N2O7S/c1-16-23(25(29)30)24(17(2)35-16)36(32,33)28-13-11-27(12-14-28)26(31)34-15-22-20-9-5-3-7-18(20)19-8-4-6-10-21(19)22/h3-10,22H,11-15H2,1-2H3,(H,29,30). The van der Waals surface area contributed by atoms with E-state index in [1.54, 1.807) is 0 Å². The molecule has 2 heterocycles. The van der Waals surface area contributed by atoms with Crippen LogP contribution in [-0.4, -0.2) is 67.6 Å². The van der Waals surface area contributed by atoms with Gasteiger partial charge in [0.05, 0.1) is 0 Å². The maximum absolute atomic E-state index is 13.2. The number of fused-ring (bicyclic) bond motifs is 3. The molecule has 9 nitrogen and oxygen atoms in total. The zero-order valence-electron chi connectivity index (χ0n) is 19.9. The van der Waals surface area contributed by atoms with Crippen molar-refractivity contribution in [3.63, 3.8) is 0 Å². The topological polar surface area (TPSA) is 117 Å². The van der Waals surface area contributed by atoms with Gasteiger partial charge in [0.25, 0.3) is 0 Å². The van der Waals surface area contributed by atoms with Gasteiger partial charge in [-0.15, -0.1) is 0 Å². The minimum absolute atomic E-state index is 0.0231. The number of furan rings is 1. The summed E-state index contributed by atoms with van der Waals surface area (Å²) in [6.07, 6.45) is -0.504. The number of carbonyl (C=O) groups is 2. The van der Waals surface area contributed by atoms with Crippen LogP contribution in [0.4, 0.5) is 4.79 Å². The van der Waals surface area contributed by atoms with Gasteiger partial charge in [-0.05, 0) is 36.1 Å². The monoisotopic (exact) mass is 510 g/mol. The van der Waals surface area contributed by atoms with Gasteiger partial charge in [-0.25, -0.2) is 18.0 Å². The number of carbonyl (C=O) groups excluding carboxylic acids is 1. The molecule has 188 valence electrons. The smallest absolute Gasteiger partial charge is 0.409 e. The number of sulfonamides is 1. The van der Waals surface area contributed by atoms with Gasteiger partial charge < -0.3 is 19.2 Å². The van der Waals surface area contributed by atoms with Crippen LogP contribution in [0.15, 0.2) is 57.8 Å². The molecule has 2 aromatic carbocycles. The van der Waals surface area contributed by atoms with E-state index in [-0.39, 0.29) is 60.7 Å². The number of rotatable bonds is 5. The molecule has 1 aliphatic carbocycles. The molecular formula is C26H26N2O7S. The molecule has 36 heavy (non-hydrogen) atoms. The summed E-state index contributed by atoms with van der Waals surface area (Å²) in [4.78, 5) is 25.6. The summed E-state index contributed by atoms with van der Waals surface area (Å²) in [6, 6.07) is 16.1. The lowest BCUT2D eigenvalue weighted by molar-refractivity contribution is 0.0691. The van der Waals surface area contributed by atoms with Gasteiger partial charge in [0.15, 0.2) is 0 Å². The molecule has 0 bridgehead atoms. The lowest BCUT2D eigenvalue weighted by Crippen LogP contribution is -2.50. The Morgan fingerprint density at radius 2 is 1.50 bits per heavy atom. The van der Waals surface area contributed by atoms with Gasteiger partial charge >= 0.3 is 12.1 Å². The van der Waals surface area contributed by atoms with Crippen molar-refractivity contribution in [3.8, 4) is 11.1 Å². The Bertz CT molecular complexity index is 1410. The third-order valence-electron chi connectivity index (χ3n) is 6.85. The van der Waals surface area contributed by atoms with E-state index >= 15 is 0 Å². The van der Waals surface area contributed by atoms with Crippen LogP contribution in [0.3, 0.4) is 0 Å². The lowest BCUT2D eigenvalue weighted by atomic mass is 9.98. The first kappa shape index (κ1) is 24.1. The molecule has 2 aliphatic rings. The van der Waals surface area contributed by atoms with Gasteiger partial charge in [-0.2, -0.15) is 4.31 Å². The average Bonchev–Trinajstić information content (AvgIpc) is 3.36. The molecule has 1 amide bonds. The number of ether oxygens (including phenoxy) is 1. The van der Waals surface area contributed by atoms with Gasteiger partial charge in [0, 0.05) is 32.1 Å². The van der Waals surface area contributed by atoms with Gasteiger partial charge in [-0.3, -0.25) is 0 Å². The quantitative estimate of drug-likeness (QED) is 0.554. The van der Waals surface area contributed by atoms with Crippen LogP contribution in [0.25, 0.3) is 11.1 Å². The van der Waals surface area contributed by atoms with Crippen molar-refractivity contribution in [2.45, 2.75) is 24.7 Å². The van der Waals surface area contributed by atoms with Crippen molar-refractivity contribution in [2.24, 2.45) is 0 Å². The molecule has 5 rings (SSSR count). The highest BCUT2D eigenvalue weighted by Crippen LogP contribution is 2.44. The van der Waals surface area contributed by atoms with Crippen molar-refractivity contribution in [2.75, 3.05) is 32.8 Å². The number of benzene rings is 2. The van der Waals surface area contributed by atoms with Crippen LogP contribution >= 0.6 is 0 Å². The maximum atomic E-state index is 13.2. The number of amides is 1. The number of carboxylic acid groups (broad SMARTS) is 1. The summed E-state index contributed by atoms with van der Waals surface area (Å²) >= 11 is 0. The molecular weight excluding hydrogens is 484 g/mol. The number of nitrogens with zero attached hydrogens (tertiary/aromatic N) is 2. The minimum atomic E-state index is -4.11. The highest BCUT2D eigenvalue weighted by atomic mass is 32.2. The van der Waals surface area contributed by atoms with Gasteiger partial charge in [-0.1, -0.05) is 48.5 Å². The molecule has 0 radical (unpaired) electrons. The van der Waals surface area contributed by atoms with Crippen molar-refractivity contribution < 1.29 is 32.3 Å². The van der Waals surface area contributed by atoms with E-state index in [1.807, 2.05) is 36.4 Å². The number of hydrogen-bond donors (Lipinski definition) is 1. The lowest BCUT2D eigenvalue weighted by Gasteiger charge is -2.33. The first-order valence-electron chi connectivity index (χ1n) is 11.6. The summed E-state index contributed by atoms with van der Waals surface area (Å²) in [5, 5.41) is 9.50. The van der Waals surface area contributed by atoms with Crippen LogP contribution in [0, 0.1) is 13.8 Å². The van der Waals surface area contributed by atoms with E-state index in [1.165, 1.54) is 23.1 Å². The first-order valence-corrected chi connectivity index (χ1v) is 13.1. The Hall–Kier alpha value is -3.63. The van der Waals surface area contributed by atoms with E-state index < -0.39 is 22.1 Å². The van der Waals surface area contributed by atoms with Crippen LogP contribution < -0.4 is 0 Å². The molecule has 0 unspecified atom stereocenters. The van der Waals surface area contributed by atoms with Crippen molar-refractivity contribution in [1.82, 2.24) is 9.21 Å². The van der Waals surface area contributed by atoms with Crippen molar-refractivity contribution in [3.05, 3.63) is 76.7 Å². The summed E-state index contributed by atoms with van der Waals surface area (Å²) in [5.74, 6) is -1.36. The van der Waals surface area contributed by atoms with Crippen molar-refractivity contribution >= 4 is 22.1 Å². The predicted octanol–water partition coefficient (Wildman–Crippen LogP) is 3.85. The summed E-state index contributed by atoms with van der Waals surface area (Å²) in [7, 11) is -4.11. The number of aromatic carboxylic acids is 1. The molecule has 0 saturated carbocycles. The maximum Gasteiger partial charge on any atom is 0.409 e. The second-order valence-electron chi connectivity index (χ2n) is 8.92. The second kappa shape index (κ2) is 9.11. The Balaban J connectivity index is 1.25. The van der Waals surface area contributed by atoms with Gasteiger partial charge in [0.2, 0.25) is 10.0 Å². The molecule has 1 N–H and O–H groups in total. The SMILES string of the molecule is Cc1oc(C)c(S(=O)(=O)N2CCN(C(=O)OCC3c4ccccc4-c4ccccc43)CC2)c1C(=O)O. The molecule has 1 aliphatic heterocycles.